The number of carbonyl (C=O) groups is 1. The van der Waals surface area contributed by atoms with Gasteiger partial charge in [0.15, 0.2) is 0 Å². The van der Waals surface area contributed by atoms with E-state index in [0.717, 1.165) is 23.4 Å². The van der Waals surface area contributed by atoms with Gasteiger partial charge in [0, 0.05) is 55.6 Å². The Morgan fingerprint density at radius 3 is 2.62 bits per heavy atom. The van der Waals surface area contributed by atoms with Gasteiger partial charge < -0.3 is 10.6 Å². The predicted molar refractivity (Wildman–Crippen MR) is 120 cm³/mol. The van der Waals surface area contributed by atoms with E-state index in [0.29, 0.717) is 30.0 Å². The smallest absolute Gasteiger partial charge is 0.251 e. The molecule has 32 heavy (non-hydrogen) atoms. The number of benzene rings is 1. The summed E-state index contributed by atoms with van der Waals surface area (Å²) in [6.45, 7) is 2.54. The highest BCUT2D eigenvalue weighted by molar-refractivity contribution is 6.06. The minimum absolute atomic E-state index is 0.226. The fourth-order valence-electron chi connectivity index (χ4n) is 3.42. The highest BCUT2D eigenvalue weighted by atomic mass is 19.1. The fraction of sp³-hybridized carbons (Fsp3) is 0.217. The molecule has 0 atom stereocenters. The number of nitrogens with one attached hydrogen (secondary N) is 2. The molecule has 0 fully saturated rings. The van der Waals surface area contributed by atoms with Crippen molar-refractivity contribution in [1.82, 2.24) is 30.2 Å². The summed E-state index contributed by atoms with van der Waals surface area (Å²) < 4.78 is 14.5. The van der Waals surface area contributed by atoms with Gasteiger partial charge in [-0.1, -0.05) is 13.0 Å². The number of halogens is 1. The van der Waals surface area contributed by atoms with Crippen molar-refractivity contribution in [3.8, 4) is 11.3 Å². The molecule has 9 heteroatoms. The van der Waals surface area contributed by atoms with E-state index >= 15 is 0 Å². The summed E-state index contributed by atoms with van der Waals surface area (Å²) in [5.74, 6) is 0.608. The number of carbonyl (C=O) groups excluding carboxylic acids is 1. The largest absolute Gasteiger partial charge is 0.370 e. The molecule has 1 aromatic carbocycles. The van der Waals surface area contributed by atoms with Gasteiger partial charge in [-0.05, 0) is 24.1 Å². The fourth-order valence-corrected chi connectivity index (χ4v) is 3.42. The van der Waals surface area contributed by atoms with Crippen LogP contribution in [0.2, 0.25) is 0 Å². The molecule has 2 N–H and O–H groups in total. The van der Waals surface area contributed by atoms with Gasteiger partial charge in [0.25, 0.3) is 5.91 Å². The van der Waals surface area contributed by atoms with Crippen LogP contribution in [0.4, 0.5) is 10.2 Å². The number of pyridine rings is 1. The van der Waals surface area contributed by atoms with Crippen LogP contribution in [0.3, 0.4) is 0 Å². The Morgan fingerprint density at radius 1 is 1.06 bits per heavy atom. The van der Waals surface area contributed by atoms with Crippen LogP contribution >= 0.6 is 0 Å². The molecule has 0 aliphatic carbocycles. The van der Waals surface area contributed by atoms with Crippen LogP contribution in [0.1, 0.15) is 28.7 Å². The third-order valence-corrected chi connectivity index (χ3v) is 5.08. The second-order valence-electron chi connectivity index (χ2n) is 7.07. The SMILES string of the molecule is CCc1ncc(-c2cc(NCCc3ccc(F)c4c(C(=O)NC)ccnc34)ncn2)cn1. The highest BCUT2D eigenvalue weighted by Gasteiger charge is 2.15. The van der Waals surface area contributed by atoms with Crippen LogP contribution in [0.5, 0.6) is 0 Å². The number of amides is 1. The number of hydrogen-bond acceptors (Lipinski definition) is 7. The molecule has 0 unspecified atom stereocenters. The van der Waals surface area contributed by atoms with E-state index in [1.807, 2.05) is 13.0 Å². The number of aromatic nitrogens is 5. The zero-order valence-electron chi connectivity index (χ0n) is 17.8. The summed E-state index contributed by atoms with van der Waals surface area (Å²) >= 11 is 0. The molecule has 0 radical (unpaired) electrons. The lowest BCUT2D eigenvalue weighted by Crippen LogP contribution is -2.18. The monoisotopic (exact) mass is 431 g/mol. The maximum absolute atomic E-state index is 14.5. The van der Waals surface area contributed by atoms with Crippen molar-refractivity contribution >= 4 is 22.6 Å². The summed E-state index contributed by atoms with van der Waals surface area (Å²) in [5, 5.41) is 6.03. The van der Waals surface area contributed by atoms with Crippen molar-refractivity contribution in [2.45, 2.75) is 19.8 Å². The van der Waals surface area contributed by atoms with Crippen LogP contribution in [0.15, 0.2) is 49.2 Å². The molecule has 4 aromatic rings. The summed E-state index contributed by atoms with van der Waals surface area (Å²) in [7, 11) is 1.51. The second kappa shape index (κ2) is 9.42. The quantitative estimate of drug-likeness (QED) is 0.463. The van der Waals surface area contributed by atoms with E-state index in [-0.39, 0.29) is 16.9 Å². The topological polar surface area (TPSA) is 106 Å². The number of anilines is 1. The van der Waals surface area contributed by atoms with Crippen LogP contribution in [-0.4, -0.2) is 44.4 Å². The average molecular weight is 431 g/mol. The first-order valence-electron chi connectivity index (χ1n) is 10.3. The van der Waals surface area contributed by atoms with Gasteiger partial charge in [-0.15, -0.1) is 0 Å². The molecule has 0 aliphatic rings. The van der Waals surface area contributed by atoms with E-state index < -0.39 is 5.82 Å². The molecule has 3 aromatic heterocycles. The van der Waals surface area contributed by atoms with Gasteiger partial charge in [0.1, 0.15) is 23.8 Å². The van der Waals surface area contributed by atoms with Gasteiger partial charge in [0.2, 0.25) is 0 Å². The van der Waals surface area contributed by atoms with Gasteiger partial charge in [-0.2, -0.15) is 0 Å². The Bertz CT molecular complexity index is 1260. The average Bonchev–Trinajstić information content (AvgIpc) is 2.85. The molecule has 0 saturated carbocycles. The molecule has 0 aliphatic heterocycles. The molecule has 162 valence electrons. The highest BCUT2D eigenvalue weighted by Crippen LogP contribution is 2.24. The first-order chi connectivity index (χ1) is 15.6. The van der Waals surface area contributed by atoms with Crippen molar-refractivity contribution in [3.05, 3.63) is 72.0 Å². The third kappa shape index (κ3) is 4.36. The van der Waals surface area contributed by atoms with Gasteiger partial charge in [-0.3, -0.25) is 9.78 Å². The van der Waals surface area contributed by atoms with Crippen molar-refractivity contribution in [3.63, 3.8) is 0 Å². The van der Waals surface area contributed by atoms with E-state index in [9.17, 15) is 9.18 Å². The van der Waals surface area contributed by atoms with Crippen LogP contribution < -0.4 is 10.6 Å². The van der Waals surface area contributed by atoms with Crippen molar-refractivity contribution < 1.29 is 9.18 Å². The minimum Gasteiger partial charge on any atom is -0.370 e. The van der Waals surface area contributed by atoms with E-state index in [2.05, 4.69) is 35.6 Å². The number of fused-ring (bicyclic) bond motifs is 1. The summed E-state index contributed by atoms with van der Waals surface area (Å²) in [4.78, 5) is 33.6. The van der Waals surface area contributed by atoms with Crippen LogP contribution in [0.25, 0.3) is 22.2 Å². The Morgan fingerprint density at radius 2 is 1.88 bits per heavy atom. The molecular weight excluding hydrogens is 409 g/mol. The van der Waals surface area contributed by atoms with Gasteiger partial charge >= 0.3 is 0 Å². The summed E-state index contributed by atoms with van der Waals surface area (Å²) in [6.07, 6.45) is 7.83. The van der Waals surface area contributed by atoms with E-state index in [1.54, 1.807) is 18.5 Å². The lowest BCUT2D eigenvalue weighted by atomic mass is 10.0. The number of rotatable bonds is 7. The van der Waals surface area contributed by atoms with Crippen molar-refractivity contribution in [2.75, 3.05) is 18.9 Å². The minimum atomic E-state index is -0.472. The Kier molecular flexibility index (Phi) is 6.25. The molecule has 0 bridgehead atoms. The first-order valence-corrected chi connectivity index (χ1v) is 10.3. The van der Waals surface area contributed by atoms with Gasteiger partial charge in [0.05, 0.1) is 16.8 Å². The summed E-state index contributed by atoms with van der Waals surface area (Å²) in [6, 6.07) is 6.41. The Labute approximate surface area is 184 Å². The maximum atomic E-state index is 14.5. The number of hydrogen-bond donors (Lipinski definition) is 2. The molecule has 4 rings (SSSR count). The van der Waals surface area contributed by atoms with E-state index in [4.69, 9.17) is 0 Å². The standard InChI is InChI=1S/C23H22FN7O/c1-3-19-28-11-15(12-29-19)18-10-20(31-13-30-18)26-8-6-14-4-5-17(24)21-16(23(32)25-2)7-9-27-22(14)21/h4-5,7,9-13H,3,6,8H2,1-2H3,(H,25,32)(H,26,30,31). The lowest BCUT2D eigenvalue weighted by Gasteiger charge is -2.11. The molecular formula is C23H22FN7O. The van der Waals surface area contributed by atoms with Gasteiger partial charge in [-0.25, -0.2) is 24.3 Å². The molecule has 8 nitrogen and oxygen atoms in total. The van der Waals surface area contributed by atoms with Crippen LogP contribution in [-0.2, 0) is 12.8 Å². The van der Waals surface area contributed by atoms with Crippen molar-refractivity contribution in [1.29, 1.82) is 0 Å². The molecule has 3 heterocycles. The number of aryl methyl sites for hydroxylation is 1. The number of nitrogens with zero attached hydrogens (tertiary/aromatic N) is 5. The zero-order chi connectivity index (χ0) is 22.5. The normalized spacial score (nSPS) is 10.8. The zero-order valence-corrected chi connectivity index (χ0v) is 17.8. The molecule has 0 saturated heterocycles. The summed E-state index contributed by atoms with van der Waals surface area (Å²) in [5.41, 5.74) is 3.10. The second-order valence-corrected chi connectivity index (χ2v) is 7.07. The maximum Gasteiger partial charge on any atom is 0.251 e. The van der Waals surface area contributed by atoms with E-state index in [1.165, 1.54) is 31.7 Å². The first kappa shape index (κ1) is 21.2. The Hall–Kier alpha value is -4.01. The molecule has 0 spiro atoms. The lowest BCUT2D eigenvalue weighted by molar-refractivity contribution is 0.0964. The van der Waals surface area contributed by atoms with Crippen LogP contribution in [0, 0.1) is 5.82 Å². The molecule has 1 amide bonds. The van der Waals surface area contributed by atoms with Crippen molar-refractivity contribution in [2.24, 2.45) is 0 Å². The predicted octanol–water partition coefficient (Wildman–Crippen LogP) is 3.20. The third-order valence-electron chi connectivity index (χ3n) is 5.08. The Balaban J connectivity index is 1.51.